The Hall–Kier alpha value is -3.64. The highest BCUT2D eigenvalue weighted by Gasteiger charge is 2.34. The van der Waals surface area contributed by atoms with Crippen LogP contribution in [0.1, 0.15) is 40.9 Å². The average Bonchev–Trinajstić information content (AvgIpc) is 3.23. The number of rotatable bonds is 9. The van der Waals surface area contributed by atoms with Gasteiger partial charge in [0.05, 0.1) is 21.7 Å². The van der Waals surface area contributed by atoms with E-state index in [2.05, 4.69) is 27.6 Å². The first-order valence-corrected chi connectivity index (χ1v) is 14.6. The Balaban J connectivity index is 1.68. The number of aliphatic hydroxyl groups is 1. The third-order valence-electron chi connectivity index (χ3n) is 5.83. The number of esters is 1. The molecule has 0 aliphatic carbocycles. The second kappa shape index (κ2) is 13.8. The molecule has 3 aromatic rings. The van der Waals surface area contributed by atoms with Crippen molar-refractivity contribution in [1.82, 2.24) is 0 Å². The largest absolute Gasteiger partial charge is 0.506 e. The first-order valence-electron chi connectivity index (χ1n) is 12.7. The summed E-state index contributed by atoms with van der Waals surface area (Å²) < 4.78 is 31.7. The van der Waals surface area contributed by atoms with E-state index in [1.165, 1.54) is 6.07 Å². The van der Waals surface area contributed by atoms with Gasteiger partial charge in [-0.05, 0) is 85.3 Å². The molecule has 4 rings (SSSR count). The summed E-state index contributed by atoms with van der Waals surface area (Å²) in [7, 11) is 0. The van der Waals surface area contributed by atoms with Crippen LogP contribution in [-0.2, 0) is 16.1 Å². The fourth-order valence-electron chi connectivity index (χ4n) is 3.84. The molecule has 1 aliphatic rings. The lowest BCUT2D eigenvalue weighted by Gasteiger charge is -2.15. The van der Waals surface area contributed by atoms with Crippen LogP contribution < -0.4 is 9.47 Å². The molecule has 1 N–H and O–H groups in total. The zero-order valence-corrected chi connectivity index (χ0v) is 25.5. The normalized spacial score (nSPS) is 15.0. The molecule has 10 heteroatoms. The Kier molecular flexibility index (Phi) is 10.2. The molecular formula is C31H27FINO6S. The molecule has 1 aliphatic heterocycles. The van der Waals surface area contributed by atoms with E-state index in [1.807, 2.05) is 13.8 Å². The number of halogens is 2. The standard InChI is InChI=1S/C31H27FINO6S/c1-4-38-24-15-19(14-23(33)28(24)40-17-21-8-6-7-9-22(21)32)16-25-27(35)26(31(37)39-5-2)30(41-25)34-29(36)20-12-10-18(3)11-13-20/h6-16,35H,4-5,17H2,1-3H3/b25-16-,34-30?. The molecule has 3 aromatic carbocycles. The number of aliphatic hydroxyl groups excluding tert-OH is 1. The number of hydrogen-bond donors (Lipinski definition) is 1. The Morgan fingerprint density at radius 3 is 2.46 bits per heavy atom. The minimum Gasteiger partial charge on any atom is -0.506 e. The number of ether oxygens (including phenoxy) is 3. The highest BCUT2D eigenvalue weighted by Crippen LogP contribution is 2.41. The zero-order chi connectivity index (χ0) is 29.5. The summed E-state index contributed by atoms with van der Waals surface area (Å²) in [6, 6.07) is 16.8. The predicted octanol–water partition coefficient (Wildman–Crippen LogP) is 7.42. The molecule has 0 radical (unpaired) electrons. The van der Waals surface area contributed by atoms with Gasteiger partial charge in [0.25, 0.3) is 5.91 Å². The molecule has 1 amide bonds. The first kappa shape index (κ1) is 30.3. The van der Waals surface area contributed by atoms with Crippen molar-refractivity contribution in [2.24, 2.45) is 4.99 Å². The van der Waals surface area contributed by atoms with E-state index in [1.54, 1.807) is 67.6 Å². The lowest BCUT2D eigenvalue weighted by molar-refractivity contribution is -0.138. The van der Waals surface area contributed by atoms with Crippen molar-refractivity contribution in [2.75, 3.05) is 13.2 Å². The lowest BCUT2D eigenvalue weighted by Crippen LogP contribution is -2.14. The number of thioether (sulfide) groups is 1. The highest BCUT2D eigenvalue weighted by molar-refractivity contribution is 14.1. The van der Waals surface area contributed by atoms with Crippen molar-refractivity contribution in [3.05, 3.63) is 109 Å². The fraction of sp³-hybridized carbons (Fsp3) is 0.194. The van der Waals surface area contributed by atoms with Gasteiger partial charge in [0, 0.05) is 11.1 Å². The summed E-state index contributed by atoms with van der Waals surface area (Å²) in [4.78, 5) is 30.1. The van der Waals surface area contributed by atoms with Gasteiger partial charge >= 0.3 is 5.97 Å². The minimum absolute atomic E-state index is 0.0142. The molecule has 0 saturated carbocycles. The number of aryl methyl sites for hydroxylation is 1. The van der Waals surface area contributed by atoms with E-state index >= 15 is 0 Å². The molecule has 7 nitrogen and oxygen atoms in total. The molecule has 0 saturated heterocycles. The zero-order valence-electron chi connectivity index (χ0n) is 22.6. The number of carbonyl (C=O) groups is 2. The number of amides is 1. The van der Waals surface area contributed by atoms with Gasteiger partial charge in [-0.15, -0.1) is 0 Å². The van der Waals surface area contributed by atoms with Gasteiger partial charge < -0.3 is 19.3 Å². The third kappa shape index (κ3) is 7.36. The summed E-state index contributed by atoms with van der Waals surface area (Å²) in [5, 5.41) is 11.1. The fourth-order valence-corrected chi connectivity index (χ4v) is 5.63. The topological polar surface area (TPSA) is 94.4 Å². The van der Waals surface area contributed by atoms with Gasteiger partial charge in [-0.2, -0.15) is 0 Å². The molecule has 0 atom stereocenters. The number of hydrogen-bond acceptors (Lipinski definition) is 7. The molecule has 0 fully saturated rings. The van der Waals surface area contributed by atoms with Crippen LogP contribution in [0.5, 0.6) is 11.5 Å². The van der Waals surface area contributed by atoms with Crippen molar-refractivity contribution in [3.8, 4) is 11.5 Å². The van der Waals surface area contributed by atoms with E-state index in [0.717, 1.165) is 17.3 Å². The SMILES string of the molecule is CCOC(=O)C1=C(O)/C(=C/c2cc(I)c(OCc3ccccc3F)c(OCC)c2)SC1=NC(=O)c1ccc(C)cc1. The van der Waals surface area contributed by atoms with Crippen LogP contribution in [-0.4, -0.2) is 35.2 Å². The molecule has 0 bridgehead atoms. The third-order valence-corrected chi connectivity index (χ3v) is 7.65. The Labute approximate surface area is 255 Å². The maximum absolute atomic E-state index is 14.1. The van der Waals surface area contributed by atoms with Crippen molar-refractivity contribution in [1.29, 1.82) is 0 Å². The molecular weight excluding hydrogens is 660 g/mol. The maximum Gasteiger partial charge on any atom is 0.344 e. The van der Waals surface area contributed by atoms with Crippen LogP contribution in [0.15, 0.2) is 81.9 Å². The Bertz CT molecular complexity index is 1570. The van der Waals surface area contributed by atoms with Gasteiger partial charge in [-0.3, -0.25) is 4.79 Å². The first-order chi connectivity index (χ1) is 19.7. The maximum atomic E-state index is 14.1. The van der Waals surface area contributed by atoms with E-state index in [0.29, 0.717) is 43.3 Å². The van der Waals surface area contributed by atoms with Gasteiger partial charge in [-0.1, -0.05) is 47.7 Å². The van der Waals surface area contributed by atoms with Crippen LogP contribution in [0, 0.1) is 16.3 Å². The highest BCUT2D eigenvalue weighted by atomic mass is 127. The van der Waals surface area contributed by atoms with Gasteiger partial charge in [0.2, 0.25) is 0 Å². The van der Waals surface area contributed by atoms with E-state index in [-0.39, 0.29) is 35.4 Å². The monoisotopic (exact) mass is 687 g/mol. The van der Waals surface area contributed by atoms with Crippen LogP contribution in [0.3, 0.4) is 0 Å². The summed E-state index contributed by atoms with van der Waals surface area (Å²) in [6.45, 7) is 5.85. The second-order valence-electron chi connectivity index (χ2n) is 8.79. The average molecular weight is 688 g/mol. The van der Waals surface area contributed by atoms with Gasteiger partial charge in [0.1, 0.15) is 28.8 Å². The molecule has 212 valence electrons. The molecule has 0 spiro atoms. The van der Waals surface area contributed by atoms with Crippen LogP contribution in [0.4, 0.5) is 4.39 Å². The number of aliphatic imine (C=N–C) groups is 1. The summed E-state index contributed by atoms with van der Waals surface area (Å²) in [5.41, 5.74) is 2.22. The van der Waals surface area contributed by atoms with Crippen LogP contribution in [0.2, 0.25) is 0 Å². The van der Waals surface area contributed by atoms with Crippen molar-refractivity contribution in [3.63, 3.8) is 0 Å². The van der Waals surface area contributed by atoms with E-state index in [9.17, 15) is 19.1 Å². The molecule has 0 aromatic heterocycles. The second-order valence-corrected chi connectivity index (χ2v) is 11.0. The summed E-state index contributed by atoms with van der Waals surface area (Å²) >= 11 is 3.09. The summed E-state index contributed by atoms with van der Waals surface area (Å²) in [6.07, 6.45) is 1.66. The van der Waals surface area contributed by atoms with E-state index < -0.39 is 11.9 Å². The number of nitrogens with zero attached hydrogens (tertiary/aromatic N) is 1. The number of carbonyl (C=O) groups excluding carboxylic acids is 2. The molecule has 0 unspecified atom stereocenters. The smallest absolute Gasteiger partial charge is 0.344 e. The lowest BCUT2D eigenvalue weighted by atomic mass is 10.1. The Morgan fingerprint density at radius 1 is 1.05 bits per heavy atom. The van der Waals surface area contributed by atoms with Gasteiger partial charge in [0.15, 0.2) is 11.5 Å². The minimum atomic E-state index is -0.780. The summed E-state index contributed by atoms with van der Waals surface area (Å²) in [5.74, 6) is -1.14. The molecule has 1 heterocycles. The molecule has 41 heavy (non-hydrogen) atoms. The van der Waals surface area contributed by atoms with Crippen LogP contribution >= 0.6 is 34.4 Å². The van der Waals surface area contributed by atoms with Gasteiger partial charge in [-0.25, -0.2) is 14.2 Å². The van der Waals surface area contributed by atoms with E-state index in [4.69, 9.17) is 14.2 Å². The quantitative estimate of drug-likeness (QED) is 0.185. The Morgan fingerprint density at radius 2 is 1.78 bits per heavy atom. The van der Waals surface area contributed by atoms with Crippen molar-refractivity contribution >= 4 is 57.3 Å². The van der Waals surface area contributed by atoms with Crippen molar-refractivity contribution < 1.29 is 33.3 Å². The van der Waals surface area contributed by atoms with Crippen molar-refractivity contribution in [2.45, 2.75) is 27.4 Å². The van der Waals surface area contributed by atoms with Crippen LogP contribution in [0.25, 0.3) is 6.08 Å². The number of benzene rings is 3. The predicted molar refractivity (Wildman–Crippen MR) is 166 cm³/mol.